The van der Waals surface area contributed by atoms with Crippen LogP contribution in [0.1, 0.15) is 24.4 Å². The number of hydrogen-bond donors (Lipinski definition) is 2. The number of carboxylic acid groups (broad SMARTS) is 1. The molecule has 1 aromatic carbocycles. The first-order valence-corrected chi connectivity index (χ1v) is 5.25. The fraction of sp³-hybridized carbons (Fsp3) is 0.333. The normalized spacial score (nSPS) is 24.9. The summed E-state index contributed by atoms with van der Waals surface area (Å²) >= 11 is 0. The molecule has 0 bridgehead atoms. The van der Waals surface area contributed by atoms with Crippen LogP contribution in [0.4, 0.5) is 0 Å². The molecule has 1 heterocycles. The van der Waals surface area contributed by atoms with E-state index in [1.807, 2.05) is 30.3 Å². The summed E-state index contributed by atoms with van der Waals surface area (Å²) in [6.07, 6.45) is 0.695. The molecule has 2 rings (SSSR count). The summed E-state index contributed by atoms with van der Waals surface area (Å²) in [5.74, 6) is -1.46. The molecule has 1 saturated heterocycles. The molecule has 4 nitrogen and oxygen atoms in total. The van der Waals surface area contributed by atoms with Gasteiger partial charge in [0.2, 0.25) is 5.91 Å². The zero-order valence-electron chi connectivity index (χ0n) is 8.72. The van der Waals surface area contributed by atoms with Crippen LogP contribution >= 0.6 is 0 Å². The van der Waals surface area contributed by atoms with Gasteiger partial charge in [0.15, 0.2) is 0 Å². The lowest BCUT2D eigenvalue weighted by Gasteiger charge is -2.29. The molecule has 1 fully saturated rings. The number of piperidine rings is 1. The number of carbonyl (C=O) groups is 2. The van der Waals surface area contributed by atoms with Crippen LogP contribution in [-0.4, -0.2) is 17.0 Å². The van der Waals surface area contributed by atoms with Crippen molar-refractivity contribution in [3.05, 3.63) is 35.9 Å². The van der Waals surface area contributed by atoms with Crippen molar-refractivity contribution in [3.8, 4) is 0 Å². The summed E-state index contributed by atoms with van der Waals surface area (Å²) in [5.41, 5.74) is 0.850. The van der Waals surface area contributed by atoms with Crippen molar-refractivity contribution >= 4 is 11.9 Å². The Morgan fingerprint density at radius 3 is 2.62 bits per heavy atom. The third-order valence-electron chi connectivity index (χ3n) is 2.88. The SMILES string of the molecule is O=C1CC[C@H](C(=O)O)[C@@H](c2ccccc2)N1. The molecule has 0 radical (unpaired) electrons. The van der Waals surface area contributed by atoms with Crippen LogP contribution in [0, 0.1) is 5.92 Å². The van der Waals surface area contributed by atoms with Crippen LogP contribution in [0.25, 0.3) is 0 Å². The highest BCUT2D eigenvalue weighted by Gasteiger charge is 2.34. The number of nitrogens with one attached hydrogen (secondary N) is 1. The number of hydrogen-bond acceptors (Lipinski definition) is 2. The van der Waals surface area contributed by atoms with Gasteiger partial charge in [0.25, 0.3) is 0 Å². The minimum Gasteiger partial charge on any atom is -0.481 e. The van der Waals surface area contributed by atoms with Crippen LogP contribution in [0.5, 0.6) is 0 Å². The van der Waals surface area contributed by atoms with Crippen molar-refractivity contribution in [3.63, 3.8) is 0 Å². The number of carbonyl (C=O) groups excluding carboxylic acids is 1. The molecule has 0 spiro atoms. The minimum atomic E-state index is -0.853. The predicted octanol–water partition coefficient (Wildman–Crippen LogP) is 1.34. The number of amides is 1. The van der Waals surface area contributed by atoms with Crippen LogP contribution in [-0.2, 0) is 9.59 Å². The first kappa shape index (κ1) is 10.7. The van der Waals surface area contributed by atoms with Gasteiger partial charge in [0, 0.05) is 6.42 Å². The highest BCUT2D eigenvalue weighted by atomic mass is 16.4. The van der Waals surface area contributed by atoms with Gasteiger partial charge in [-0.3, -0.25) is 9.59 Å². The quantitative estimate of drug-likeness (QED) is 0.788. The molecule has 0 unspecified atom stereocenters. The van der Waals surface area contributed by atoms with Gasteiger partial charge >= 0.3 is 5.97 Å². The van der Waals surface area contributed by atoms with Crippen LogP contribution in [0.15, 0.2) is 30.3 Å². The summed E-state index contributed by atoms with van der Waals surface area (Å²) in [4.78, 5) is 22.4. The maximum atomic E-state index is 11.3. The molecular formula is C12H13NO3. The predicted molar refractivity (Wildman–Crippen MR) is 57.7 cm³/mol. The zero-order chi connectivity index (χ0) is 11.5. The molecule has 1 aliphatic rings. The zero-order valence-corrected chi connectivity index (χ0v) is 8.72. The molecule has 84 valence electrons. The van der Waals surface area contributed by atoms with Gasteiger partial charge in [-0.25, -0.2) is 0 Å². The second-order valence-corrected chi connectivity index (χ2v) is 3.94. The van der Waals surface area contributed by atoms with Crippen molar-refractivity contribution < 1.29 is 14.7 Å². The second kappa shape index (κ2) is 4.35. The smallest absolute Gasteiger partial charge is 0.308 e. The van der Waals surface area contributed by atoms with Gasteiger partial charge in [-0.15, -0.1) is 0 Å². The molecule has 0 aliphatic carbocycles. The minimum absolute atomic E-state index is 0.0775. The standard InChI is InChI=1S/C12H13NO3/c14-10-7-6-9(12(15)16)11(13-10)8-4-2-1-3-5-8/h1-5,9,11H,6-7H2,(H,13,14)(H,15,16)/t9-,11+/m0/s1. The number of aliphatic carboxylic acids is 1. The summed E-state index contributed by atoms with van der Waals surface area (Å²) in [7, 11) is 0. The average molecular weight is 219 g/mol. The first-order valence-electron chi connectivity index (χ1n) is 5.25. The Morgan fingerprint density at radius 1 is 1.31 bits per heavy atom. The molecule has 0 aromatic heterocycles. The maximum absolute atomic E-state index is 11.3. The Morgan fingerprint density at radius 2 is 2.00 bits per heavy atom. The molecule has 1 aromatic rings. The number of rotatable bonds is 2. The Balaban J connectivity index is 2.27. The maximum Gasteiger partial charge on any atom is 0.308 e. The van der Waals surface area contributed by atoms with Crippen LogP contribution in [0.2, 0.25) is 0 Å². The Hall–Kier alpha value is -1.84. The molecule has 1 aliphatic heterocycles. The highest BCUT2D eigenvalue weighted by Crippen LogP contribution is 2.29. The van der Waals surface area contributed by atoms with E-state index in [2.05, 4.69) is 5.32 Å². The van der Waals surface area contributed by atoms with Crippen LogP contribution in [0.3, 0.4) is 0 Å². The fourth-order valence-corrected chi connectivity index (χ4v) is 2.04. The van der Waals surface area contributed by atoms with E-state index in [0.717, 1.165) is 5.56 Å². The largest absolute Gasteiger partial charge is 0.481 e. The van der Waals surface area contributed by atoms with Crippen LogP contribution < -0.4 is 5.32 Å². The van der Waals surface area contributed by atoms with Crippen molar-refractivity contribution in [1.29, 1.82) is 0 Å². The van der Waals surface area contributed by atoms with Gasteiger partial charge in [-0.2, -0.15) is 0 Å². The molecule has 16 heavy (non-hydrogen) atoms. The highest BCUT2D eigenvalue weighted by molar-refractivity contribution is 5.81. The van der Waals surface area contributed by atoms with E-state index in [0.29, 0.717) is 12.8 Å². The lowest BCUT2D eigenvalue weighted by molar-refractivity contribution is -0.145. The van der Waals surface area contributed by atoms with Gasteiger partial charge in [0.1, 0.15) is 0 Å². The Kier molecular flexibility index (Phi) is 2.90. The average Bonchev–Trinajstić information content (AvgIpc) is 2.29. The summed E-state index contributed by atoms with van der Waals surface area (Å²) in [6, 6.07) is 8.83. The number of benzene rings is 1. The molecule has 4 heteroatoms. The summed E-state index contributed by atoms with van der Waals surface area (Å²) in [6.45, 7) is 0. The summed E-state index contributed by atoms with van der Waals surface area (Å²) < 4.78 is 0. The number of carboxylic acids is 1. The van der Waals surface area contributed by atoms with Crippen molar-refractivity contribution in [2.75, 3.05) is 0 Å². The summed E-state index contributed by atoms with van der Waals surface area (Å²) in [5, 5.41) is 11.8. The first-order chi connectivity index (χ1) is 7.68. The molecule has 1 amide bonds. The molecular weight excluding hydrogens is 206 g/mol. The fourth-order valence-electron chi connectivity index (χ4n) is 2.04. The Labute approximate surface area is 93.3 Å². The lowest BCUT2D eigenvalue weighted by Crippen LogP contribution is -2.41. The third-order valence-corrected chi connectivity index (χ3v) is 2.88. The van der Waals surface area contributed by atoms with Crippen molar-refractivity contribution in [2.24, 2.45) is 5.92 Å². The van der Waals surface area contributed by atoms with E-state index in [9.17, 15) is 9.59 Å². The Bertz CT molecular complexity index is 402. The van der Waals surface area contributed by atoms with E-state index in [4.69, 9.17) is 5.11 Å². The van der Waals surface area contributed by atoms with Gasteiger partial charge in [0.05, 0.1) is 12.0 Å². The van der Waals surface area contributed by atoms with Crippen molar-refractivity contribution in [2.45, 2.75) is 18.9 Å². The third kappa shape index (κ3) is 2.05. The van der Waals surface area contributed by atoms with Gasteiger partial charge < -0.3 is 10.4 Å². The monoisotopic (exact) mass is 219 g/mol. The molecule has 0 saturated carbocycles. The van der Waals surface area contributed by atoms with Gasteiger partial charge in [-0.05, 0) is 12.0 Å². The lowest BCUT2D eigenvalue weighted by atomic mass is 9.86. The van der Waals surface area contributed by atoms with E-state index in [1.54, 1.807) is 0 Å². The topological polar surface area (TPSA) is 66.4 Å². The molecule has 2 N–H and O–H groups in total. The second-order valence-electron chi connectivity index (χ2n) is 3.94. The van der Waals surface area contributed by atoms with Gasteiger partial charge in [-0.1, -0.05) is 30.3 Å². The van der Waals surface area contributed by atoms with Crippen molar-refractivity contribution in [1.82, 2.24) is 5.32 Å². The van der Waals surface area contributed by atoms with E-state index in [-0.39, 0.29) is 5.91 Å². The van der Waals surface area contributed by atoms with E-state index >= 15 is 0 Å². The van der Waals surface area contributed by atoms with E-state index in [1.165, 1.54) is 0 Å². The molecule has 2 atom stereocenters. The van der Waals surface area contributed by atoms with E-state index < -0.39 is 17.9 Å².